The van der Waals surface area contributed by atoms with Gasteiger partial charge in [-0.3, -0.25) is 14.4 Å². The quantitative estimate of drug-likeness (QED) is 0.261. The molecule has 0 radical (unpaired) electrons. The molecule has 1 N–H and O–H groups in total. The van der Waals surface area contributed by atoms with E-state index >= 15 is 8.78 Å². The highest BCUT2D eigenvalue weighted by molar-refractivity contribution is 7.89. The van der Waals surface area contributed by atoms with Gasteiger partial charge in [0.05, 0.1) is 18.6 Å². The molecule has 1 fully saturated rings. The Kier molecular flexibility index (Phi) is 9.43. The fraction of sp³-hybridized carbons (Fsp3) is 0.321. The van der Waals surface area contributed by atoms with Crippen LogP contribution in [0.15, 0.2) is 81.5 Å². The van der Waals surface area contributed by atoms with Gasteiger partial charge in [0.2, 0.25) is 0 Å². The largest absolute Gasteiger partial charge is 0.486 e. The Bertz CT molecular complexity index is 1490. The van der Waals surface area contributed by atoms with Gasteiger partial charge in [0.25, 0.3) is 10.0 Å². The lowest BCUT2D eigenvalue weighted by molar-refractivity contribution is -0.0383. The minimum atomic E-state index is -4.50. The molecule has 12 heteroatoms. The number of ether oxygens (including phenoxy) is 2. The molecule has 1 saturated carbocycles. The molecule has 0 amide bonds. The monoisotopic (exact) mass is 571 g/mol. The number of hydrogen-bond acceptors (Lipinski definition) is 6. The second kappa shape index (κ2) is 13.0. The summed E-state index contributed by atoms with van der Waals surface area (Å²) in [7, 11) is -2.69. The van der Waals surface area contributed by atoms with Crippen molar-refractivity contribution in [1.82, 2.24) is 14.5 Å². The molecular formula is C28H31F2N5O4S. The Balaban J connectivity index is 1.59. The average molecular weight is 572 g/mol. The molecular weight excluding hydrogens is 540 g/mol. The SMILES string of the molecule is C=NC=N/C(=C\C)NS(=O)(=O)c1cc(F)c(O[C@H]2CCC[C@@H](OCc3ccccc3)[C@@H]2c2ccnn2C)cc1F. The minimum absolute atomic E-state index is 0.129. The van der Waals surface area contributed by atoms with Gasteiger partial charge in [0, 0.05) is 31.1 Å². The van der Waals surface area contributed by atoms with Crippen LogP contribution in [-0.2, 0) is 28.4 Å². The molecule has 4 rings (SSSR count). The van der Waals surface area contributed by atoms with E-state index in [0.29, 0.717) is 19.1 Å². The summed E-state index contributed by atoms with van der Waals surface area (Å²) in [5.41, 5.74) is 1.85. The second-order valence-corrected chi connectivity index (χ2v) is 10.9. The molecule has 0 spiro atoms. The van der Waals surface area contributed by atoms with Gasteiger partial charge in [-0.05, 0) is 50.6 Å². The van der Waals surface area contributed by atoms with Crippen LogP contribution < -0.4 is 9.46 Å². The number of sulfonamides is 1. The predicted octanol–water partition coefficient (Wildman–Crippen LogP) is 4.87. The number of hydrogen-bond donors (Lipinski definition) is 1. The molecule has 9 nitrogen and oxygen atoms in total. The number of benzene rings is 2. The van der Waals surface area contributed by atoms with Gasteiger partial charge in [-0.1, -0.05) is 30.3 Å². The third-order valence-corrected chi connectivity index (χ3v) is 8.00. The molecule has 40 heavy (non-hydrogen) atoms. The van der Waals surface area contributed by atoms with E-state index in [9.17, 15) is 8.42 Å². The van der Waals surface area contributed by atoms with Gasteiger partial charge < -0.3 is 9.47 Å². The minimum Gasteiger partial charge on any atom is -0.486 e. The lowest BCUT2D eigenvalue weighted by Crippen LogP contribution is -2.40. The van der Waals surface area contributed by atoms with E-state index in [-0.39, 0.29) is 17.8 Å². The summed E-state index contributed by atoms with van der Waals surface area (Å²) in [5, 5.41) is 4.28. The fourth-order valence-electron chi connectivity index (χ4n) is 4.73. The number of aliphatic imine (C=N–C) groups is 2. The van der Waals surface area contributed by atoms with Gasteiger partial charge in [-0.2, -0.15) is 5.10 Å². The van der Waals surface area contributed by atoms with E-state index in [0.717, 1.165) is 36.5 Å². The van der Waals surface area contributed by atoms with Crippen LogP contribution in [0.1, 0.15) is 43.4 Å². The van der Waals surface area contributed by atoms with Gasteiger partial charge in [0.1, 0.15) is 29.0 Å². The third kappa shape index (κ3) is 6.80. The van der Waals surface area contributed by atoms with Gasteiger partial charge in [0.15, 0.2) is 11.6 Å². The van der Waals surface area contributed by atoms with Crippen molar-refractivity contribution in [3.8, 4) is 5.75 Å². The van der Waals surface area contributed by atoms with E-state index in [1.54, 1.807) is 17.9 Å². The van der Waals surface area contributed by atoms with E-state index in [1.807, 2.05) is 36.4 Å². The summed E-state index contributed by atoms with van der Waals surface area (Å²) < 4.78 is 72.1. The van der Waals surface area contributed by atoms with Crippen molar-refractivity contribution < 1.29 is 26.7 Å². The summed E-state index contributed by atoms with van der Waals surface area (Å²) in [6.07, 6.45) is 5.23. The maximum atomic E-state index is 15.3. The smallest absolute Gasteiger partial charge is 0.266 e. The topological polar surface area (TPSA) is 107 Å². The molecule has 212 valence electrons. The number of rotatable bonds is 11. The lowest BCUT2D eigenvalue weighted by atomic mass is 9.81. The van der Waals surface area contributed by atoms with E-state index in [2.05, 4.69) is 26.5 Å². The zero-order chi connectivity index (χ0) is 28.7. The zero-order valence-corrected chi connectivity index (χ0v) is 23.0. The number of nitrogens with one attached hydrogen (secondary N) is 1. The van der Waals surface area contributed by atoms with Crippen molar-refractivity contribution in [2.45, 2.75) is 55.8 Å². The lowest BCUT2D eigenvalue weighted by Gasteiger charge is -2.38. The fourth-order valence-corrected chi connectivity index (χ4v) is 5.86. The molecule has 0 saturated heterocycles. The second-order valence-electron chi connectivity index (χ2n) is 9.25. The highest BCUT2D eigenvalue weighted by Gasteiger charge is 2.39. The first-order valence-corrected chi connectivity index (χ1v) is 14.2. The standard InChI is InChI=1S/C28H31F2N5O4S/c1-4-27(32-18-31-2)34-40(36,37)26-16-20(29)25(15-21(26)30)39-24-12-8-11-23(28(24)22-13-14-33-35(22)3)38-17-19-9-6-5-7-10-19/h4-7,9-10,13-16,18,23-24,28,34H,2,8,11-12,17H2,1,3H3/b27-4+,32-18?/t23-,24+,28+/m1/s1. The molecule has 3 aromatic rings. The predicted molar refractivity (Wildman–Crippen MR) is 148 cm³/mol. The number of allylic oxidation sites excluding steroid dienone is 1. The van der Waals surface area contributed by atoms with Crippen LogP contribution in [0.5, 0.6) is 5.75 Å². The average Bonchev–Trinajstić information content (AvgIpc) is 3.37. The van der Waals surface area contributed by atoms with Crippen molar-refractivity contribution in [2.75, 3.05) is 0 Å². The molecule has 2 aromatic carbocycles. The van der Waals surface area contributed by atoms with Gasteiger partial charge in [-0.25, -0.2) is 22.2 Å². The van der Waals surface area contributed by atoms with Crippen LogP contribution in [0, 0.1) is 11.6 Å². The van der Waals surface area contributed by atoms with E-state index < -0.39 is 38.4 Å². The molecule has 1 heterocycles. The van der Waals surface area contributed by atoms with Crippen LogP contribution in [0.3, 0.4) is 0 Å². The van der Waals surface area contributed by atoms with E-state index in [1.165, 1.54) is 13.0 Å². The first-order chi connectivity index (χ1) is 19.2. The molecule has 1 aromatic heterocycles. The number of aryl methyl sites for hydroxylation is 1. The molecule has 3 atom stereocenters. The normalized spacial score (nSPS) is 20.0. The van der Waals surface area contributed by atoms with Crippen LogP contribution in [0.2, 0.25) is 0 Å². The van der Waals surface area contributed by atoms with E-state index in [4.69, 9.17) is 9.47 Å². The maximum Gasteiger partial charge on any atom is 0.266 e. The van der Waals surface area contributed by atoms with Crippen molar-refractivity contribution >= 4 is 23.1 Å². The van der Waals surface area contributed by atoms with Crippen LogP contribution >= 0.6 is 0 Å². The molecule has 0 unspecified atom stereocenters. The van der Waals surface area contributed by atoms with Crippen molar-refractivity contribution in [3.05, 3.63) is 89.5 Å². The van der Waals surface area contributed by atoms with Gasteiger partial charge in [-0.15, -0.1) is 0 Å². The van der Waals surface area contributed by atoms with Crippen LogP contribution in [-0.4, -0.2) is 43.5 Å². The number of aromatic nitrogens is 2. The summed E-state index contributed by atoms with van der Waals surface area (Å²) >= 11 is 0. The first-order valence-electron chi connectivity index (χ1n) is 12.7. The Morgan fingerprint density at radius 2 is 1.93 bits per heavy atom. The van der Waals surface area contributed by atoms with Gasteiger partial charge >= 0.3 is 0 Å². The summed E-state index contributed by atoms with van der Waals surface area (Å²) in [4.78, 5) is 6.28. The third-order valence-electron chi connectivity index (χ3n) is 6.63. The first kappa shape index (κ1) is 29.1. The number of nitrogens with zero attached hydrogens (tertiary/aromatic N) is 4. The van der Waals surface area contributed by atoms with Crippen LogP contribution in [0.4, 0.5) is 8.78 Å². The summed E-state index contributed by atoms with van der Waals surface area (Å²) in [6.45, 7) is 5.12. The molecule has 1 aliphatic rings. The van der Waals surface area contributed by atoms with Crippen molar-refractivity contribution in [1.29, 1.82) is 0 Å². The van der Waals surface area contributed by atoms with Crippen molar-refractivity contribution in [3.63, 3.8) is 0 Å². The van der Waals surface area contributed by atoms with Crippen LogP contribution in [0.25, 0.3) is 0 Å². The summed E-state index contributed by atoms with van der Waals surface area (Å²) in [6, 6.07) is 13.0. The Hall–Kier alpha value is -3.90. The van der Waals surface area contributed by atoms with Crippen molar-refractivity contribution in [2.24, 2.45) is 17.0 Å². The Morgan fingerprint density at radius 1 is 1.18 bits per heavy atom. The molecule has 0 aliphatic heterocycles. The number of halogens is 2. The highest BCUT2D eigenvalue weighted by Crippen LogP contribution is 2.39. The molecule has 0 bridgehead atoms. The molecule has 1 aliphatic carbocycles. The highest BCUT2D eigenvalue weighted by atomic mass is 32.2. The maximum absolute atomic E-state index is 15.3. The Morgan fingerprint density at radius 3 is 2.60 bits per heavy atom. The summed E-state index contributed by atoms with van der Waals surface area (Å²) in [5.74, 6) is -3.04. The Labute approximate surface area is 232 Å². The zero-order valence-electron chi connectivity index (χ0n) is 22.2.